The lowest BCUT2D eigenvalue weighted by molar-refractivity contribution is 0.167. The molecule has 0 saturated heterocycles. The molecule has 0 saturated carbocycles. The summed E-state index contributed by atoms with van der Waals surface area (Å²) in [6.07, 6.45) is 3.10. The molecule has 2 nitrogen and oxygen atoms in total. The van der Waals surface area contributed by atoms with Crippen LogP contribution in [-0.2, 0) is 6.42 Å². The summed E-state index contributed by atoms with van der Waals surface area (Å²) in [6.45, 7) is 0.643. The Bertz CT molecular complexity index is 657. The molecular formula is C17H17Cl2NO. The molecule has 0 radical (unpaired) electrons. The largest absolute Gasteiger partial charge is 0.489 e. The second-order valence-corrected chi connectivity index (χ2v) is 6.12. The summed E-state index contributed by atoms with van der Waals surface area (Å²) in [6, 6.07) is 11.8. The smallest absolute Gasteiger partial charge is 0.130 e. The maximum Gasteiger partial charge on any atom is 0.130 e. The lowest BCUT2D eigenvalue weighted by Gasteiger charge is -2.28. The normalized spacial score (nSPS) is 17.2. The zero-order chi connectivity index (χ0) is 14.8. The Morgan fingerprint density at radius 1 is 1.14 bits per heavy atom. The van der Waals surface area contributed by atoms with Crippen LogP contribution in [-0.4, -0.2) is 12.6 Å². The van der Waals surface area contributed by atoms with Gasteiger partial charge in [0.15, 0.2) is 0 Å². The number of ether oxygens (including phenoxy) is 1. The second kappa shape index (κ2) is 6.27. The highest BCUT2D eigenvalue weighted by Gasteiger charge is 2.22. The van der Waals surface area contributed by atoms with Crippen LogP contribution in [0.3, 0.4) is 0 Å². The summed E-state index contributed by atoms with van der Waals surface area (Å²) >= 11 is 12.3. The fourth-order valence-corrected chi connectivity index (χ4v) is 3.28. The molecule has 0 aliphatic carbocycles. The highest BCUT2D eigenvalue weighted by molar-refractivity contribution is 6.36. The molecule has 110 valence electrons. The van der Waals surface area contributed by atoms with E-state index in [-0.39, 0.29) is 6.10 Å². The molecule has 21 heavy (non-hydrogen) atoms. The summed E-state index contributed by atoms with van der Waals surface area (Å²) in [7, 11) is 0. The number of hydrogen-bond donors (Lipinski definition) is 1. The van der Waals surface area contributed by atoms with Crippen LogP contribution >= 0.6 is 23.2 Å². The molecule has 0 fully saturated rings. The van der Waals surface area contributed by atoms with Gasteiger partial charge in [-0.2, -0.15) is 0 Å². The Hall–Kier alpha value is -1.22. The molecular weight excluding hydrogens is 305 g/mol. The molecule has 0 spiro atoms. The van der Waals surface area contributed by atoms with Crippen molar-refractivity contribution in [3.05, 3.63) is 52.0 Å². The molecule has 0 aromatic heterocycles. The van der Waals surface area contributed by atoms with Crippen molar-refractivity contribution in [1.82, 2.24) is 0 Å². The number of nitrogens with two attached hydrogens (primary N) is 1. The third-order valence-electron chi connectivity index (χ3n) is 3.83. The SMILES string of the molecule is NCC[C@@H]1CCc2cccc(-c3ccc(Cl)cc3Cl)c2O1. The van der Waals surface area contributed by atoms with Crippen LogP contribution in [0, 0.1) is 0 Å². The van der Waals surface area contributed by atoms with Crippen LogP contribution < -0.4 is 10.5 Å². The molecule has 4 heteroatoms. The fourth-order valence-electron chi connectivity index (χ4n) is 2.77. The van der Waals surface area contributed by atoms with Crippen molar-refractivity contribution < 1.29 is 4.74 Å². The minimum atomic E-state index is 0.190. The van der Waals surface area contributed by atoms with Gasteiger partial charge in [0, 0.05) is 16.1 Å². The third-order valence-corrected chi connectivity index (χ3v) is 4.37. The summed E-state index contributed by atoms with van der Waals surface area (Å²) < 4.78 is 6.17. The third kappa shape index (κ3) is 3.03. The van der Waals surface area contributed by atoms with Gasteiger partial charge >= 0.3 is 0 Å². The monoisotopic (exact) mass is 321 g/mol. The number of para-hydroxylation sites is 1. The van der Waals surface area contributed by atoms with E-state index in [1.54, 1.807) is 6.07 Å². The average Bonchev–Trinajstić information content (AvgIpc) is 2.47. The van der Waals surface area contributed by atoms with Crippen LogP contribution in [0.25, 0.3) is 11.1 Å². The molecule has 0 unspecified atom stereocenters. The van der Waals surface area contributed by atoms with Crippen LogP contribution in [0.1, 0.15) is 18.4 Å². The summed E-state index contributed by atoms with van der Waals surface area (Å²) in [4.78, 5) is 0. The molecule has 1 heterocycles. The number of rotatable bonds is 3. The predicted molar refractivity (Wildman–Crippen MR) is 88.3 cm³/mol. The fraction of sp³-hybridized carbons (Fsp3) is 0.294. The summed E-state index contributed by atoms with van der Waals surface area (Å²) in [5, 5.41) is 1.27. The van der Waals surface area contributed by atoms with Gasteiger partial charge in [0.05, 0.1) is 5.02 Å². The topological polar surface area (TPSA) is 35.2 Å². The Labute approximate surface area is 134 Å². The molecule has 1 aliphatic rings. The van der Waals surface area contributed by atoms with E-state index in [4.69, 9.17) is 33.7 Å². The van der Waals surface area contributed by atoms with E-state index in [1.165, 1.54) is 5.56 Å². The number of hydrogen-bond acceptors (Lipinski definition) is 2. The Morgan fingerprint density at radius 3 is 2.76 bits per heavy atom. The highest BCUT2D eigenvalue weighted by Crippen LogP contribution is 2.41. The van der Waals surface area contributed by atoms with Crippen molar-refractivity contribution in [2.75, 3.05) is 6.54 Å². The van der Waals surface area contributed by atoms with Gasteiger partial charge in [-0.3, -0.25) is 0 Å². The van der Waals surface area contributed by atoms with E-state index in [9.17, 15) is 0 Å². The lowest BCUT2D eigenvalue weighted by Crippen LogP contribution is -2.25. The first-order chi connectivity index (χ1) is 10.2. The standard InChI is InChI=1S/C17H17Cl2NO/c18-12-5-7-14(16(19)10-12)15-3-1-2-11-4-6-13(8-9-20)21-17(11)15/h1-3,5,7,10,13H,4,6,8-9,20H2/t13-/m0/s1. The first kappa shape index (κ1) is 14.7. The van der Waals surface area contributed by atoms with Gasteiger partial charge in [-0.15, -0.1) is 0 Å². The van der Waals surface area contributed by atoms with Crippen molar-refractivity contribution >= 4 is 23.2 Å². The maximum absolute atomic E-state index is 6.34. The van der Waals surface area contributed by atoms with Crippen molar-refractivity contribution in [2.45, 2.75) is 25.4 Å². The Morgan fingerprint density at radius 2 is 2.00 bits per heavy atom. The van der Waals surface area contributed by atoms with E-state index in [1.807, 2.05) is 24.3 Å². The van der Waals surface area contributed by atoms with E-state index < -0.39 is 0 Å². The minimum absolute atomic E-state index is 0.190. The van der Waals surface area contributed by atoms with Crippen molar-refractivity contribution in [3.8, 4) is 16.9 Å². The zero-order valence-corrected chi connectivity index (χ0v) is 13.1. The van der Waals surface area contributed by atoms with Gasteiger partial charge in [-0.05, 0) is 43.5 Å². The zero-order valence-electron chi connectivity index (χ0n) is 11.6. The van der Waals surface area contributed by atoms with Crippen LogP contribution in [0.4, 0.5) is 0 Å². The molecule has 3 rings (SSSR count). The van der Waals surface area contributed by atoms with Crippen LogP contribution in [0.2, 0.25) is 10.0 Å². The van der Waals surface area contributed by atoms with Gasteiger partial charge in [-0.1, -0.05) is 47.5 Å². The van der Waals surface area contributed by atoms with Crippen molar-refractivity contribution in [1.29, 1.82) is 0 Å². The van der Waals surface area contributed by atoms with Crippen molar-refractivity contribution in [3.63, 3.8) is 0 Å². The molecule has 0 amide bonds. The molecule has 0 bridgehead atoms. The van der Waals surface area contributed by atoms with E-state index in [0.29, 0.717) is 16.6 Å². The van der Waals surface area contributed by atoms with E-state index in [2.05, 4.69) is 6.07 Å². The van der Waals surface area contributed by atoms with E-state index >= 15 is 0 Å². The molecule has 2 aromatic carbocycles. The summed E-state index contributed by atoms with van der Waals surface area (Å²) in [5.41, 5.74) is 8.86. The molecule has 2 N–H and O–H groups in total. The quantitative estimate of drug-likeness (QED) is 0.889. The number of fused-ring (bicyclic) bond motifs is 1. The number of aryl methyl sites for hydroxylation is 1. The summed E-state index contributed by atoms with van der Waals surface area (Å²) in [5.74, 6) is 0.937. The number of halogens is 2. The Balaban J connectivity index is 2.04. The van der Waals surface area contributed by atoms with Gasteiger partial charge in [0.2, 0.25) is 0 Å². The number of benzene rings is 2. The molecule has 2 aromatic rings. The van der Waals surface area contributed by atoms with Gasteiger partial charge in [-0.25, -0.2) is 0 Å². The van der Waals surface area contributed by atoms with Gasteiger partial charge in [0.1, 0.15) is 11.9 Å². The van der Waals surface area contributed by atoms with Crippen LogP contribution in [0.5, 0.6) is 5.75 Å². The minimum Gasteiger partial charge on any atom is -0.489 e. The predicted octanol–water partition coefficient (Wildman–Crippen LogP) is 4.70. The highest BCUT2D eigenvalue weighted by atomic mass is 35.5. The van der Waals surface area contributed by atoms with E-state index in [0.717, 1.165) is 36.1 Å². The van der Waals surface area contributed by atoms with Gasteiger partial charge < -0.3 is 10.5 Å². The first-order valence-electron chi connectivity index (χ1n) is 7.13. The second-order valence-electron chi connectivity index (χ2n) is 5.27. The lowest BCUT2D eigenvalue weighted by atomic mass is 9.95. The maximum atomic E-state index is 6.34. The Kier molecular flexibility index (Phi) is 4.39. The van der Waals surface area contributed by atoms with Crippen LogP contribution in [0.15, 0.2) is 36.4 Å². The molecule has 1 atom stereocenters. The van der Waals surface area contributed by atoms with Crippen molar-refractivity contribution in [2.24, 2.45) is 5.73 Å². The van der Waals surface area contributed by atoms with Gasteiger partial charge in [0.25, 0.3) is 0 Å². The first-order valence-corrected chi connectivity index (χ1v) is 7.88. The molecule has 1 aliphatic heterocycles. The average molecular weight is 322 g/mol.